The highest BCUT2D eigenvalue weighted by molar-refractivity contribution is 5.41. The third-order valence-electron chi connectivity index (χ3n) is 4.99. The van der Waals surface area contributed by atoms with E-state index in [-0.39, 0.29) is 5.92 Å². The maximum atomic E-state index is 13.0. The molecule has 0 saturated carbocycles. The third-order valence-corrected chi connectivity index (χ3v) is 4.99. The molecule has 1 atom stereocenters. The van der Waals surface area contributed by atoms with Crippen LogP contribution in [-0.4, -0.2) is 32.6 Å². The Morgan fingerprint density at radius 2 is 1.89 bits per heavy atom. The van der Waals surface area contributed by atoms with E-state index < -0.39 is 11.9 Å². The number of rotatable bonds is 4. The van der Waals surface area contributed by atoms with Crippen molar-refractivity contribution in [3.8, 4) is 0 Å². The minimum absolute atomic E-state index is 0.141. The predicted octanol–water partition coefficient (Wildman–Crippen LogP) is 4.12. The Labute approximate surface area is 160 Å². The molecule has 4 rings (SSSR count). The molecule has 146 valence electrons. The van der Waals surface area contributed by atoms with Gasteiger partial charge in [-0.2, -0.15) is 13.2 Å². The molecule has 5 nitrogen and oxygen atoms in total. The lowest BCUT2D eigenvalue weighted by Gasteiger charge is -2.33. The maximum Gasteiger partial charge on any atom is 0.433 e. The fourth-order valence-corrected chi connectivity index (χ4v) is 3.65. The summed E-state index contributed by atoms with van der Waals surface area (Å²) in [6.45, 7) is 1.98. The fraction of sp³-hybridized carbons (Fsp3) is 0.350. The Morgan fingerprint density at radius 3 is 2.68 bits per heavy atom. The molecule has 1 fully saturated rings. The van der Waals surface area contributed by atoms with Gasteiger partial charge in [0, 0.05) is 50.3 Å². The predicted molar refractivity (Wildman–Crippen MR) is 99.0 cm³/mol. The van der Waals surface area contributed by atoms with Crippen LogP contribution in [0.1, 0.15) is 35.8 Å². The van der Waals surface area contributed by atoms with Crippen molar-refractivity contribution in [2.24, 2.45) is 0 Å². The van der Waals surface area contributed by atoms with Crippen molar-refractivity contribution >= 4 is 5.82 Å². The Hall–Kier alpha value is -2.90. The first-order chi connectivity index (χ1) is 13.5. The van der Waals surface area contributed by atoms with E-state index in [4.69, 9.17) is 0 Å². The smallest absolute Gasteiger partial charge is 0.356 e. The summed E-state index contributed by atoms with van der Waals surface area (Å²) in [5.74, 6) is 1.46. The van der Waals surface area contributed by atoms with Gasteiger partial charge in [0.15, 0.2) is 0 Å². The molecule has 8 heteroatoms. The number of aromatic nitrogens is 4. The standard InChI is InChI=1S/C20H20F3N5/c21-20(22,23)17-4-1-5-18(26-17)27-11-2-3-16(14-27)19-25-10-12-28(19)13-15-6-8-24-9-7-15/h1,4-10,12,16H,2-3,11,13-14H2. The van der Waals surface area contributed by atoms with Crippen molar-refractivity contribution in [3.05, 3.63) is 72.2 Å². The van der Waals surface area contributed by atoms with Crippen LogP contribution in [-0.2, 0) is 12.7 Å². The second-order valence-electron chi connectivity index (χ2n) is 6.93. The van der Waals surface area contributed by atoms with Gasteiger partial charge in [-0.05, 0) is 42.7 Å². The summed E-state index contributed by atoms with van der Waals surface area (Å²) in [5.41, 5.74) is 0.271. The number of hydrogen-bond acceptors (Lipinski definition) is 4. The monoisotopic (exact) mass is 387 g/mol. The topological polar surface area (TPSA) is 46.8 Å². The molecule has 3 aromatic rings. The number of piperidine rings is 1. The van der Waals surface area contributed by atoms with Crippen LogP contribution < -0.4 is 4.90 Å². The zero-order chi connectivity index (χ0) is 19.6. The van der Waals surface area contributed by atoms with Gasteiger partial charge in [-0.15, -0.1) is 0 Å². The lowest BCUT2D eigenvalue weighted by atomic mass is 9.97. The van der Waals surface area contributed by atoms with E-state index in [1.54, 1.807) is 24.7 Å². The SMILES string of the molecule is FC(F)(F)c1cccc(N2CCCC(c3nccn3Cc3ccncc3)C2)n1. The van der Waals surface area contributed by atoms with Crippen molar-refractivity contribution in [2.45, 2.75) is 31.5 Å². The van der Waals surface area contributed by atoms with Crippen LogP contribution in [0.2, 0.25) is 0 Å². The average molecular weight is 387 g/mol. The second-order valence-corrected chi connectivity index (χ2v) is 6.93. The van der Waals surface area contributed by atoms with Crippen LogP contribution >= 0.6 is 0 Å². The highest BCUT2D eigenvalue weighted by atomic mass is 19.4. The van der Waals surface area contributed by atoms with Crippen molar-refractivity contribution in [1.29, 1.82) is 0 Å². The van der Waals surface area contributed by atoms with Crippen LogP contribution in [0.4, 0.5) is 19.0 Å². The lowest BCUT2D eigenvalue weighted by Crippen LogP contribution is -2.36. The van der Waals surface area contributed by atoms with Crippen LogP contribution in [0.25, 0.3) is 0 Å². The van der Waals surface area contributed by atoms with Crippen LogP contribution in [0.3, 0.4) is 0 Å². The number of hydrogen-bond donors (Lipinski definition) is 0. The van der Waals surface area contributed by atoms with E-state index in [2.05, 4.69) is 19.5 Å². The van der Waals surface area contributed by atoms with E-state index in [1.807, 2.05) is 23.2 Å². The quantitative estimate of drug-likeness (QED) is 0.676. The Balaban J connectivity index is 1.53. The number of pyridine rings is 2. The molecule has 0 aromatic carbocycles. The van der Waals surface area contributed by atoms with Gasteiger partial charge >= 0.3 is 6.18 Å². The van der Waals surface area contributed by atoms with Gasteiger partial charge in [-0.3, -0.25) is 4.98 Å². The molecule has 1 aliphatic rings. The van der Waals surface area contributed by atoms with Gasteiger partial charge in [0.05, 0.1) is 0 Å². The molecule has 0 amide bonds. The molecule has 0 bridgehead atoms. The van der Waals surface area contributed by atoms with E-state index in [0.717, 1.165) is 30.3 Å². The van der Waals surface area contributed by atoms with Crippen LogP contribution in [0.5, 0.6) is 0 Å². The Bertz CT molecular complexity index is 923. The number of imidazole rings is 1. The average Bonchev–Trinajstić information content (AvgIpc) is 3.16. The maximum absolute atomic E-state index is 13.0. The second kappa shape index (κ2) is 7.61. The Kier molecular flexibility index (Phi) is 5.02. The van der Waals surface area contributed by atoms with Gasteiger partial charge in [0.1, 0.15) is 17.3 Å². The van der Waals surface area contributed by atoms with Gasteiger partial charge in [0.2, 0.25) is 0 Å². The van der Waals surface area contributed by atoms with Crippen molar-refractivity contribution in [1.82, 2.24) is 19.5 Å². The largest absolute Gasteiger partial charge is 0.433 e. The van der Waals surface area contributed by atoms with Gasteiger partial charge in [0.25, 0.3) is 0 Å². The summed E-state index contributed by atoms with van der Waals surface area (Å²) in [5, 5.41) is 0. The molecule has 0 aliphatic carbocycles. The summed E-state index contributed by atoms with van der Waals surface area (Å²) in [6.07, 6.45) is 4.62. The zero-order valence-corrected chi connectivity index (χ0v) is 15.2. The molecule has 0 N–H and O–H groups in total. The fourth-order valence-electron chi connectivity index (χ4n) is 3.65. The number of nitrogens with zero attached hydrogens (tertiary/aromatic N) is 5. The lowest BCUT2D eigenvalue weighted by molar-refractivity contribution is -0.141. The van der Waals surface area contributed by atoms with E-state index in [9.17, 15) is 13.2 Å². The summed E-state index contributed by atoms with van der Waals surface area (Å²) >= 11 is 0. The van der Waals surface area contributed by atoms with Gasteiger partial charge in [-0.25, -0.2) is 9.97 Å². The summed E-state index contributed by atoms with van der Waals surface area (Å²) < 4.78 is 41.1. The number of anilines is 1. The summed E-state index contributed by atoms with van der Waals surface area (Å²) in [4.78, 5) is 14.3. The van der Waals surface area contributed by atoms with Crippen LogP contribution in [0.15, 0.2) is 55.1 Å². The molecule has 0 spiro atoms. The first kappa shape index (κ1) is 18.5. The van der Waals surface area contributed by atoms with Gasteiger partial charge < -0.3 is 9.47 Å². The molecule has 4 heterocycles. The molecular weight excluding hydrogens is 367 g/mol. The van der Waals surface area contributed by atoms with Crippen molar-refractivity contribution < 1.29 is 13.2 Å². The van der Waals surface area contributed by atoms with E-state index in [0.29, 0.717) is 25.5 Å². The summed E-state index contributed by atoms with van der Waals surface area (Å²) in [6, 6.07) is 7.99. The van der Waals surface area contributed by atoms with Gasteiger partial charge in [-0.1, -0.05) is 6.07 Å². The number of halogens is 3. The zero-order valence-electron chi connectivity index (χ0n) is 15.2. The molecular formula is C20H20F3N5. The van der Waals surface area contributed by atoms with Crippen molar-refractivity contribution in [3.63, 3.8) is 0 Å². The highest BCUT2D eigenvalue weighted by Crippen LogP contribution is 2.32. The molecule has 1 saturated heterocycles. The Morgan fingerprint density at radius 1 is 1.07 bits per heavy atom. The van der Waals surface area contributed by atoms with E-state index in [1.165, 1.54) is 6.07 Å². The molecule has 1 unspecified atom stereocenters. The minimum atomic E-state index is -4.44. The highest BCUT2D eigenvalue weighted by Gasteiger charge is 2.33. The first-order valence-electron chi connectivity index (χ1n) is 9.20. The first-order valence-corrected chi connectivity index (χ1v) is 9.20. The molecule has 0 radical (unpaired) electrons. The molecule has 28 heavy (non-hydrogen) atoms. The van der Waals surface area contributed by atoms with Crippen LogP contribution in [0, 0.1) is 0 Å². The van der Waals surface area contributed by atoms with E-state index >= 15 is 0 Å². The third kappa shape index (κ3) is 4.00. The molecule has 3 aromatic heterocycles. The minimum Gasteiger partial charge on any atom is -0.356 e. The number of alkyl halides is 3. The summed E-state index contributed by atoms with van der Waals surface area (Å²) in [7, 11) is 0. The normalized spacial score (nSPS) is 17.7. The molecule has 1 aliphatic heterocycles. The van der Waals surface area contributed by atoms with Crippen molar-refractivity contribution in [2.75, 3.05) is 18.0 Å².